The molecular weight excluding hydrogens is 280 g/mol. The average Bonchev–Trinajstić information content (AvgIpc) is 2.53. The number of amides is 1. The van der Waals surface area contributed by atoms with Gasteiger partial charge in [-0.2, -0.15) is 0 Å². The van der Waals surface area contributed by atoms with E-state index in [0.29, 0.717) is 30.1 Å². The first-order chi connectivity index (χ1) is 10.7. The van der Waals surface area contributed by atoms with Crippen LogP contribution in [-0.2, 0) is 11.2 Å². The lowest BCUT2D eigenvalue weighted by Gasteiger charge is -2.44. The summed E-state index contributed by atoms with van der Waals surface area (Å²) in [6.45, 7) is 4.90. The maximum absolute atomic E-state index is 11.6. The molecule has 1 heterocycles. The summed E-state index contributed by atoms with van der Waals surface area (Å²) in [6, 6.07) is 3.93. The maximum atomic E-state index is 11.6. The molecule has 0 bridgehead atoms. The Labute approximate surface area is 130 Å². The van der Waals surface area contributed by atoms with Crippen molar-refractivity contribution < 1.29 is 14.3 Å². The van der Waals surface area contributed by atoms with Crippen LogP contribution in [0.15, 0.2) is 12.1 Å². The van der Waals surface area contributed by atoms with E-state index in [2.05, 4.69) is 11.8 Å². The van der Waals surface area contributed by atoms with Crippen LogP contribution in [0.2, 0.25) is 0 Å². The summed E-state index contributed by atoms with van der Waals surface area (Å²) in [5.74, 6) is -0.562. The summed E-state index contributed by atoms with van der Waals surface area (Å²) in [4.78, 5) is 25.3. The molecule has 1 aliphatic carbocycles. The number of aldehydes is 1. The molecule has 5 nitrogen and oxygen atoms in total. The molecule has 1 aromatic rings. The van der Waals surface area contributed by atoms with E-state index in [1.54, 1.807) is 12.1 Å². The number of nitrogens with zero attached hydrogens (tertiary/aromatic N) is 1. The summed E-state index contributed by atoms with van der Waals surface area (Å²) in [5, 5.41) is 0. The molecule has 2 aliphatic rings. The molecule has 0 radical (unpaired) electrons. The Kier molecular flexibility index (Phi) is 4.27. The van der Waals surface area contributed by atoms with Gasteiger partial charge in [0.1, 0.15) is 0 Å². The topological polar surface area (TPSA) is 72.6 Å². The number of benzene rings is 1. The summed E-state index contributed by atoms with van der Waals surface area (Å²) in [5.41, 5.74) is 8.22. The number of fused-ring (bicyclic) bond motifs is 3. The minimum Gasteiger partial charge on any atom is -0.371 e. The Hall–Kier alpha value is -1.72. The number of primary amides is 1. The molecule has 1 aliphatic heterocycles. The second-order valence-electron chi connectivity index (χ2n) is 6.05. The Morgan fingerprint density at radius 3 is 3.00 bits per heavy atom. The monoisotopic (exact) mass is 302 g/mol. The minimum atomic E-state index is -0.562. The number of ether oxygens (including phenoxy) is 1. The molecule has 2 N–H and O–H groups in total. The molecule has 3 rings (SSSR count). The highest BCUT2D eigenvalue weighted by Crippen LogP contribution is 2.38. The van der Waals surface area contributed by atoms with Crippen LogP contribution in [0, 0.1) is 0 Å². The van der Waals surface area contributed by atoms with Gasteiger partial charge in [-0.25, -0.2) is 0 Å². The van der Waals surface area contributed by atoms with Crippen molar-refractivity contribution >= 4 is 12.2 Å². The molecule has 1 aromatic carbocycles. The fourth-order valence-corrected chi connectivity index (χ4v) is 3.74. The van der Waals surface area contributed by atoms with Crippen LogP contribution >= 0.6 is 0 Å². The van der Waals surface area contributed by atoms with Gasteiger partial charge in [-0.15, -0.1) is 0 Å². The number of rotatable bonds is 4. The minimum absolute atomic E-state index is 0.0251. The number of aryl methyl sites for hydroxylation is 1. The molecule has 22 heavy (non-hydrogen) atoms. The van der Waals surface area contributed by atoms with Gasteiger partial charge in [0.2, 0.25) is 5.91 Å². The van der Waals surface area contributed by atoms with Crippen molar-refractivity contribution in [2.75, 3.05) is 19.7 Å². The van der Waals surface area contributed by atoms with Crippen LogP contribution in [0.3, 0.4) is 0 Å². The predicted octanol–water partition coefficient (Wildman–Crippen LogP) is 1.70. The number of carbonyl (C=O) groups is 2. The highest BCUT2D eigenvalue weighted by Gasteiger charge is 2.37. The number of morpholine rings is 1. The van der Waals surface area contributed by atoms with Crippen molar-refractivity contribution in [3.63, 3.8) is 0 Å². The lowest BCUT2D eigenvalue weighted by atomic mass is 9.82. The van der Waals surface area contributed by atoms with Crippen LogP contribution in [-0.4, -0.2) is 42.8 Å². The van der Waals surface area contributed by atoms with Crippen molar-refractivity contribution in [1.82, 2.24) is 4.90 Å². The molecule has 0 spiro atoms. The molecule has 2 unspecified atom stereocenters. The maximum Gasteiger partial charge on any atom is 0.249 e. The Bertz CT molecular complexity index is 598. The zero-order chi connectivity index (χ0) is 15.7. The van der Waals surface area contributed by atoms with Crippen LogP contribution in [0.25, 0.3) is 0 Å². The van der Waals surface area contributed by atoms with Crippen LogP contribution in [0.1, 0.15) is 57.7 Å². The van der Waals surface area contributed by atoms with E-state index in [1.807, 2.05) is 0 Å². The molecule has 2 atom stereocenters. The largest absolute Gasteiger partial charge is 0.371 e. The standard InChI is InChI=1S/C17H22N2O3/c1-2-5-19-6-7-22-16-13-9-14(17(18)21)12(10-20)8-11(13)3-4-15(16)19/h8-10,15-16H,2-7H2,1H3,(H2,18,21). The molecule has 5 heteroatoms. The van der Waals surface area contributed by atoms with Gasteiger partial charge in [0, 0.05) is 23.7 Å². The van der Waals surface area contributed by atoms with E-state index in [1.165, 1.54) is 0 Å². The van der Waals surface area contributed by atoms with Gasteiger partial charge in [-0.1, -0.05) is 6.92 Å². The van der Waals surface area contributed by atoms with Crippen LogP contribution in [0.5, 0.6) is 0 Å². The van der Waals surface area contributed by atoms with E-state index in [0.717, 1.165) is 43.5 Å². The molecular formula is C17H22N2O3. The lowest BCUT2D eigenvalue weighted by molar-refractivity contribution is -0.0801. The Balaban J connectivity index is 2.01. The zero-order valence-corrected chi connectivity index (χ0v) is 12.9. The van der Waals surface area contributed by atoms with Crippen molar-refractivity contribution in [1.29, 1.82) is 0 Å². The highest BCUT2D eigenvalue weighted by molar-refractivity contribution is 6.01. The van der Waals surface area contributed by atoms with Crippen LogP contribution < -0.4 is 5.73 Å². The second kappa shape index (κ2) is 6.18. The summed E-state index contributed by atoms with van der Waals surface area (Å²) < 4.78 is 6.01. The van der Waals surface area contributed by atoms with Gasteiger partial charge in [0.05, 0.1) is 12.7 Å². The van der Waals surface area contributed by atoms with Crippen molar-refractivity contribution in [3.8, 4) is 0 Å². The van der Waals surface area contributed by atoms with Crippen LogP contribution in [0.4, 0.5) is 0 Å². The fraction of sp³-hybridized carbons (Fsp3) is 0.529. The third-order valence-electron chi connectivity index (χ3n) is 4.72. The summed E-state index contributed by atoms with van der Waals surface area (Å²) >= 11 is 0. The number of carbonyl (C=O) groups excluding carboxylic acids is 2. The van der Waals surface area contributed by atoms with E-state index < -0.39 is 5.91 Å². The molecule has 1 fully saturated rings. The third-order valence-corrected chi connectivity index (χ3v) is 4.72. The van der Waals surface area contributed by atoms with Gasteiger partial charge in [0.25, 0.3) is 0 Å². The average molecular weight is 302 g/mol. The summed E-state index contributed by atoms with van der Waals surface area (Å²) in [7, 11) is 0. The van der Waals surface area contributed by atoms with Gasteiger partial charge in [-0.3, -0.25) is 14.5 Å². The smallest absolute Gasteiger partial charge is 0.249 e. The first-order valence-corrected chi connectivity index (χ1v) is 7.93. The lowest BCUT2D eigenvalue weighted by Crippen LogP contribution is -2.49. The molecule has 118 valence electrons. The first-order valence-electron chi connectivity index (χ1n) is 7.93. The van der Waals surface area contributed by atoms with Crippen molar-refractivity contribution in [2.45, 2.75) is 38.3 Å². The van der Waals surface area contributed by atoms with E-state index >= 15 is 0 Å². The Morgan fingerprint density at radius 1 is 1.50 bits per heavy atom. The predicted molar refractivity (Wildman–Crippen MR) is 83.0 cm³/mol. The third kappa shape index (κ3) is 2.55. The quantitative estimate of drug-likeness (QED) is 0.859. The van der Waals surface area contributed by atoms with E-state index in [9.17, 15) is 9.59 Å². The number of hydrogen-bond acceptors (Lipinski definition) is 4. The SMILES string of the molecule is CCCN1CCOC2c3cc(C(N)=O)c(C=O)cc3CCC21. The van der Waals surface area contributed by atoms with Crippen molar-refractivity contribution in [3.05, 3.63) is 34.4 Å². The normalized spacial score (nSPS) is 24.4. The van der Waals surface area contributed by atoms with Gasteiger partial charge >= 0.3 is 0 Å². The second-order valence-corrected chi connectivity index (χ2v) is 6.05. The zero-order valence-electron chi connectivity index (χ0n) is 12.9. The Morgan fingerprint density at radius 2 is 2.32 bits per heavy atom. The van der Waals surface area contributed by atoms with E-state index in [4.69, 9.17) is 10.5 Å². The molecule has 0 saturated carbocycles. The van der Waals surface area contributed by atoms with E-state index in [-0.39, 0.29) is 6.10 Å². The molecule has 0 aromatic heterocycles. The highest BCUT2D eigenvalue weighted by atomic mass is 16.5. The molecule has 1 amide bonds. The van der Waals surface area contributed by atoms with Gasteiger partial charge < -0.3 is 10.5 Å². The first kappa shape index (κ1) is 15.2. The molecule has 1 saturated heterocycles. The number of nitrogens with two attached hydrogens (primary N) is 1. The van der Waals surface area contributed by atoms with Crippen molar-refractivity contribution in [2.24, 2.45) is 5.73 Å². The van der Waals surface area contributed by atoms with Gasteiger partial charge in [0.15, 0.2) is 6.29 Å². The summed E-state index contributed by atoms with van der Waals surface area (Å²) in [6.07, 6.45) is 3.72. The number of hydrogen-bond donors (Lipinski definition) is 1. The fourth-order valence-electron chi connectivity index (χ4n) is 3.74. The van der Waals surface area contributed by atoms with Gasteiger partial charge in [-0.05, 0) is 49.1 Å².